The predicted octanol–water partition coefficient (Wildman–Crippen LogP) is 4.56. The Hall–Kier alpha value is -0.680. The number of nitrogens with two attached hydrogens (primary N) is 1. The lowest BCUT2D eigenvalue weighted by Crippen LogP contribution is -2.40. The van der Waals surface area contributed by atoms with Gasteiger partial charge < -0.3 is 5.73 Å². The Morgan fingerprint density at radius 2 is 2.05 bits per heavy atom. The lowest BCUT2D eigenvalue weighted by atomic mass is 10.1. The van der Waals surface area contributed by atoms with Crippen LogP contribution in [0.25, 0.3) is 0 Å². The highest BCUT2D eigenvalue weighted by atomic mass is 79.9. The molecule has 2 nitrogen and oxygen atoms in total. The largest absolute Gasteiger partial charge is 0.326 e. The molecule has 3 rings (SSSR count). The Kier molecular flexibility index (Phi) is 4.79. The summed E-state index contributed by atoms with van der Waals surface area (Å²) in [6.07, 6.45) is 2.59. The highest BCUT2D eigenvalue weighted by molar-refractivity contribution is 9.10. The van der Waals surface area contributed by atoms with Gasteiger partial charge in [0.05, 0.1) is 6.04 Å². The second-order valence-corrected chi connectivity index (χ2v) is 7.72. The second kappa shape index (κ2) is 6.61. The van der Waals surface area contributed by atoms with E-state index in [1.54, 1.807) is 11.3 Å². The summed E-state index contributed by atoms with van der Waals surface area (Å²) in [5.41, 5.74) is 7.71. The molecule has 2 N–H and O–H groups in total. The molecule has 1 aromatic heterocycles. The van der Waals surface area contributed by atoms with Gasteiger partial charge in [0.2, 0.25) is 0 Å². The molecule has 21 heavy (non-hydrogen) atoms. The van der Waals surface area contributed by atoms with Crippen LogP contribution in [0.3, 0.4) is 0 Å². The van der Waals surface area contributed by atoms with Crippen LogP contribution >= 0.6 is 27.3 Å². The average Bonchev–Trinajstić information content (AvgIpc) is 3.22. The summed E-state index contributed by atoms with van der Waals surface area (Å²) in [6.45, 7) is 3.10. The fraction of sp³-hybridized carbons (Fsp3) is 0.412. The second-order valence-electron chi connectivity index (χ2n) is 5.86. The fourth-order valence-electron chi connectivity index (χ4n) is 2.86. The maximum absolute atomic E-state index is 6.35. The minimum absolute atomic E-state index is 0.125. The van der Waals surface area contributed by atoms with E-state index in [9.17, 15) is 0 Å². The van der Waals surface area contributed by atoms with Gasteiger partial charge in [0.15, 0.2) is 0 Å². The van der Waals surface area contributed by atoms with Crippen LogP contribution in [0.5, 0.6) is 0 Å². The zero-order valence-corrected chi connectivity index (χ0v) is 14.6. The van der Waals surface area contributed by atoms with Crippen LogP contribution in [0.4, 0.5) is 0 Å². The van der Waals surface area contributed by atoms with Gasteiger partial charge in [-0.25, -0.2) is 0 Å². The molecule has 1 aliphatic rings. The lowest BCUT2D eigenvalue weighted by molar-refractivity contribution is 0.160. The molecule has 4 heteroatoms. The molecule has 0 spiro atoms. The Bertz CT molecular complexity index is 577. The molecule has 112 valence electrons. The molecule has 1 heterocycles. The van der Waals surface area contributed by atoms with Crippen LogP contribution in [0.1, 0.15) is 36.2 Å². The number of benzene rings is 1. The number of hydrogen-bond acceptors (Lipinski definition) is 3. The van der Waals surface area contributed by atoms with Gasteiger partial charge in [-0.2, -0.15) is 0 Å². The van der Waals surface area contributed by atoms with E-state index in [4.69, 9.17) is 5.73 Å². The van der Waals surface area contributed by atoms with E-state index in [-0.39, 0.29) is 6.04 Å². The molecule has 1 fully saturated rings. The van der Waals surface area contributed by atoms with Gasteiger partial charge in [0.25, 0.3) is 0 Å². The van der Waals surface area contributed by atoms with Gasteiger partial charge in [-0.05, 0) is 47.3 Å². The van der Waals surface area contributed by atoms with E-state index in [0.29, 0.717) is 12.1 Å². The highest BCUT2D eigenvalue weighted by Gasteiger charge is 2.36. The topological polar surface area (TPSA) is 29.3 Å². The van der Waals surface area contributed by atoms with Gasteiger partial charge in [-0.15, -0.1) is 11.3 Å². The summed E-state index contributed by atoms with van der Waals surface area (Å²) in [5.74, 6) is 0. The van der Waals surface area contributed by atoms with Gasteiger partial charge in [-0.3, -0.25) is 4.90 Å². The molecule has 0 bridgehead atoms. The van der Waals surface area contributed by atoms with Crippen LogP contribution < -0.4 is 5.73 Å². The van der Waals surface area contributed by atoms with Gasteiger partial charge in [0.1, 0.15) is 0 Å². The van der Waals surface area contributed by atoms with Crippen molar-refractivity contribution in [3.05, 3.63) is 56.7 Å². The molecular weight excluding hydrogens is 344 g/mol. The normalized spacial score (nSPS) is 17.9. The molecule has 1 aliphatic carbocycles. The molecule has 0 radical (unpaired) electrons. The summed E-state index contributed by atoms with van der Waals surface area (Å²) in [7, 11) is 0. The predicted molar refractivity (Wildman–Crippen MR) is 93.4 cm³/mol. The van der Waals surface area contributed by atoms with Crippen molar-refractivity contribution in [2.75, 3.05) is 0 Å². The van der Waals surface area contributed by atoms with Crippen LogP contribution in [0.2, 0.25) is 0 Å². The van der Waals surface area contributed by atoms with Gasteiger partial charge >= 0.3 is 0 Å². The Balaban J connectivity index is 1.86. The third kappa shape index (κ3) is 3.75. The van der Waals surface area contributed by atoms with E-state index >= 15 is 0 Å². The van der Waals surface area contributed by atoms with Crippen LogP contribution in [-0.2, 0) is 6.54 Å². The monoisotopic (exact) mass is 364 g/mol. The third-order valence-corrected chi connectivity index (χ3v) is 5.72. The summed E-state index contributed by atoms with van der Waals surface area (Å²) in [4.78, 5) is 3.96. The minimum atomic E-state index is 0.125. The molecule has 0 aliphatic heterocycles. The average molecular weight is 365 g/mol. The van der Waals surface area contributed by atoms with Crippen LogP contribution in [0.15, 0.2) is 46.3 Å². The van der Waals surface area contributed by atoms with Gasteiger partial charge in [-0.1, -0.05) is 30.3 Å². The van der Waals surface area contributed by atoms with Crippen molar-refractivity contribution in [3.8, 4) is 0 Å². The highest BCUT2D eigenvalue weighted by Crippen LogP contribution is 2.39. The zero-order chi connectivity index (χ0) is 14.8. The first-order valence-electron chi connectivity index (χ1n) is 7.44. The SMILES string of the molecule is CC(N)C(c1cc(Br)cs1)N(Cc1ccccc1)C1CC1. The third-order valence-electron chi connectivity index (χ3n) is 3.96. The molecule has 2 unspecified atom stereocenters. The Labute approximate surface area is 139 Å². The molecular formula is C17H21BrN2S. The fourth-order valence-corrected chi connectivity index (χ4v) is 4.54. The number of rotatable bonds is 6. The van der Waals surface area contributed by atoms with Crippen molar-refractivity contribution >= 4 is 27.3 Å². The summed E-state index contributed by atoms with van der Waals surface area (Å²) < 4.78 is 1.16. The standard InChI is InChI=1S/C17H21BrN2S/c1-12(19)17(16-9-14(18)11-21-16)20(15-7-8-15)10-13-5-3-2-4-6-13/h2-6,9,11-12,15,17H,7-8,10,19H2,1H3. The van der Waals surface area contributed by atoms with Crippen molar-refractivity contribution < 1.29 is 0 Å². The first-order chi connectivity index (χ1) is 10.1. The number of halogens is 1. The maximum Gasteiger partial charge on any atom is 0.0596 e. The molecule has 2 aromatic rings. The van der Waals surface area contributed by atoms with E-state index in [0.717, 1.165) is 11.0 Å². The molecule has 0 saturated heterocycles. The quantitative estimate of drug-likeness (QED) is 0.813. The summed E-state index contributed by atoms with van der Waals surface area (Å²) in [5, 5.41) is 2.15. The lowest BCUT2D eigenvalue weighted by Gasteiger charge is -2.34. The first-order valence-corrected chi connectivity index (χ1v) is 9.11. The molecule has 2 atom stereocenters. The van der Waals surface area contributed by atoms with Crippen molar-refractivity contribution in [3.63, 3.8) is 0 Å². The molecule has 1 aromatic carbocycles. The zero-order valence-electron chi connectivity index (χ0n) is 12.2. The Morgan fingerprint density at radius 1 is 1.33 bits per heavy atom. The molecule has 0 amide bonds. The van der Waals surface area contributed by atoms with Crippen molar-refractivity contribution in [2.45, 2.75) is 44.4 Å². The van der Waals surface area contributed by atoms with Crippen LogP contribution in [0, 0.1) is 0 Å². The smallest absolute Gasteiger partial charge is 0.0596 e. The van der Waals surface area contributed by atoms with E-state index < -0.39 is 0 Å². The van der Waals surface area contributed by atoms with Crippen molar-refractivity contribution in [1.82, 2.24) is 4.90 Å². The maximum atomic E-state index is 6.35. The van der Waals surface area contributed by atoms with Crippen molar-refractivity contribution in [1.29, 1.82) is 0 Å². The minimum Gasteiger partial charge on any atom is -0.326 e. The van der Waals surface area contributed by atoms with E-state index in [1.807, 2.05) is 0 Å². The van der Waals surface area contributed by atoms with Crippen LogP contribution in [-0.4, -0.2) is 17.0 Å². The summed E-state index contributed by atoms with van der Waals surface area (Å²) >= 11 is 5.37. The Morgan fingerprint density at radius 3 is 2.57 bits per heavy atom. The van der Waals surface area contributed by atoms with E-state index in [2.05, 4.69) is 69.5 Å². The molecule has 1 saturated carbocycles. The first kappa shape index (κ1) is 15.2. The summed E-state index contributed by atoms with van der Waals surface area (Å²) in [6, 6.07) is 14.0. The van der Waals surface area contributed by atoms with Crippen molar-refractivity contribution in [2.24, 2.45) is 5.73 Å². The number of nitrogens with zero attached hydrogens (tertiary/aromatic N) is 1. The van der Waals surface area contributed by atoms with Gasteiger partial charge in [0, 0.05) is 33.4 Å². The number of hydrogen-bond donors (Lipinski definition) is 1. The van der Waals surface area contributed by atoms with E-state index in [1.165, 1.54) is 23.3 Å². The number of thiophene rings is 1.